The van der Waals surface area contributed by atoms with Gasteiger partial charge in [0, 0.05) is 11.6 Å². The number of rotatable bonds is 8. The third-order valence-electron chi connectivity index (χ3n) is 4.14. The van der Waals surface area contributed by atoms with Crippen LogP contribution < -0.4 is 10.2 Å². The van der Waals surface area contributed by atoms with Gasteiger partial charge in [-0.25, -0.2) is 5.43 Å². The number of carbonyl (C=O) groups is 1. The van der Waals surface area contributed by atoms with Crippen LogP contribution in [-0.2, 0) is 17.8 Å². The molecular formula is C22H18BrN3O4. The van der Waals surface area contributed by atoms with E-state index in [0.29, 0.717) is 17.9 Å². The molecular weight excluding hydrogens is 450 g/mol. The van der Waals surface area contributed by atoms with Crippen molar-refractivity contribution in [3.8, 4) is 5.75 Å². The van der Waals surface area contributed by atoms with Gasteiger partial charge >= 0.3 is 0 Å². The van der Waals surface area contributed by atoms with Gasteiger partial charge in [-0.2, -0.15) is 5.10 Å². The highest BCUT2D eigenvalue weighted by atomic mass is 79.9. The van der Waals surface area contributed by atoms with Gasteiger partial charge in [0.2, 0.25) is 5.91 Å². The Morgan fingerprint density at radius 3 is 2.57 bits per heavy atom. The van der Waals surface area contributed by atoms with E-state index in [1.54, 1.807) is 18.2 Å². The van der Waals surface area contributed by atoms with Gasteiger partial charge in [0.05, 0.1) is 22.0 Å². The van der Waals surface area contributed by atoms with Crippen molar-refractivity contribution in [2.24, 2.45) is 5.10 Å². The first-order valence-electron chi connectivity index (χ1n) is 9.03. The maximum absolute atomic E-state index is 12.0. The molecule has 0 unspecified atom stereocenters. The van der Waals surface area contributed by atoms with Gasteiger partial charge in [0.1, 0.15) is 12.4 Å². The molecule has 1 amide bonds. The highest BCUT2D eigenvalue weighted by molar-refractivity contribution is 9.10. The predicted molar refractivity (Wildman–Crippen MR) is 117 cm³/mol. The van der Waals surface area contributed by atoms with Gasteiger partial charge in [-0.3, -0.25) is 14.9 Å². The van der Waals surface area contributed by atoms with Crippen molar-refractivity contribution in [2.45, 2.75) is 13.0 Å². The van der Waals surface area contributed by atoms with Crippen LogP contribution >= 0.6 is 15.9 Å². The molecule has 3 rings (SSSR count). The van der Waals surface area contributed by atoms with Crippen LogP contribution in [0.3, 0.4) is 0 Å². The molecule has 3 aromatic carbocycles. The fourth-order valence-electron chi connectivity index (χ4n) is 2.68. The number of nitro benzene ring substituents is 1. The molecule has 0 aliphatic carbocycles. The summed E-state index contributed by atoms with van der Waals surface area (Å²) in [4.78, 5) is 22.6. The van der Waals surface area contributed by atoms with E-state index in [0.717, 1.165) is 15.6 Å². The number of nitro groups is 1. The number of hydrogen-bond acceptors (Lipinski definition) is 5. The number of halogens is 1. The fourth-order valence-corrected chi connectivity index (χ4v) is 3.19. The van der Waals surface area contributed by atoms with Crippen LogP contribution in [0.5, 0.6) is 5.75 Å². The summed E-state index contributed by atoms with van der Waals surface area (Å²) in [6.07, 6.45) is 1.35. The van der Waals surface area contributed by atoms with Crippen LogP contribution in [0.2, 0.25) is 0 Å². The topological polar surface area (TPSA) is 93.8 Å². The van der Waals surface area contributed by atoms with Crippen molar-refractivity contribution in [1.29, 1.82) is 0 Å². The van der Waals surface area contributed by atoms with Crippen molar-refractivity contribution in [3.63, 3.8) is 0 Å². The van der Waals surface area contributed by atoms with Crippen LogP contribution in [0.25, 0.3) is 0 Å². The van der Waals surface area contributed by atoms with Crippen molar-refractivity contribution in [1.82, 2.24) is 5.43 Å². The Morgan fingerprint density at radius 2 is 1.83 bits per heavy atom. The van der Waals surface area contributed by atoms with Gasteiger partial charge in [-0.15, -0.1) is 0 Å². The number of hydrogen-bond donors (Lipinski definition) is 1. The molecule has 0 aliphatic rings. The van der Waals surface area contributed by atoms with E-state index >= 15 is 0 Å². The van der Waals surface area contributed by atoms with Crippen molar-refractivity contribution >= 4 is 33.7 Å². The molecule has 0 atom stereocenters. The summed E-state index contributed by atoms with van der Waals surface area (Å²) in [5, 5.41) is 14.9. The first-order chi connectivity index (χ1) is 14.5. The molecule has 0 radical (unpaired) electrons. The van der Waals surface area contributed by atoms with Crippen LogP contribution in [0.1, 0.15) is 16.7 Å². The number of para-hydroxylation sites is 1. The average Bonchev–Trinajstić information content (AvgIpc) is 2.74. The number of nitrogens with one attached hydrogen (secondary N) is 1. The molecule has 0 heterocycles. The molecule has 0 saturated carbocycles. The number of amides is 1. The Bertz CT molecular complexity index is 1070. The Hall–Kier alpha value is -3.52. The normalized spacial score (nSPS) is 10.7. The number of nitrogens with zero attached hydrogens (tertiary/aromatic N) is 2. The van der Waals surface area contributed by atoms with E-state index in [4.69, 9.17) is 4.74 Å². The molecule has 7 nitrogen and oxygen atoms in total. The van der Waals surface area contributed by atoms with Crippen LogP contribution in [-0.4, -0.2) is 17.0 Å². The van der Waals surface area contributed by atoms with E-state index in [1.165, 1.54) is 12.3 Å². The monoisotopic (exact) mass is 467 g/mol. The lowest BCUT2D eigenvalue weighted by Crippen LogP contribution is -2.20. The summed E-state index contributed by atoms with van der Waals surface area (Å²) in [7, 11) is 0. The molecule has 30 heavy (non-hydrogen) atoms. The molecule has 0 saturated heterocycles. The SMILES string of the molecule is O=C(Cc1ccccc1[N+](=O)[O-])N/N=C/c1ccc(OCc2ccccc2)c(Br)c1. The van der Waals surface area contributed by atoms with Crippen molar-refractivity contribution in [3.05, 3.63) is 104 Å². The highest BCUT2D eigenvalue weighted by Gasteiger charge is 2.15. The minimum Gasteiger partial charge on any atom is -0.488 e. The lowest BCUT2D eigenvalue weighted by Gasteiger charge is -2.08. The van der Waals surface area contributed by atoms with E-state index in [9.17, 15) is 14.9 Å². The second-order valence-corrected chi connectivity index (χ2v) is 7.17. The van der Waals surface area contributed by atoms with Gasteiger partial charge in [0.15, 0.2) is 0 Å². The first-order valence-corrected chi connectivity index (χ1v) is 9.82. The van der Waals surface area contributed by atoms with Gasteiger partial charge in [0.25, 0.3) is 5.69 Å². The third-order valence-corrected chi connectivity index (χ3v) is 4.75. The average molecular weight is 468 g/mol. The maximum atomic E-state index is 12.0. The third kappa shape index (κ3) is 5.99. The lowest BCUT2D eigenvalue weighted by atomic mass is 10.1. The fraction of sp³-hybridized carbons (Fsp3) is 0.0909. The molecule has 0 bridgehead atoms. The summed E-state index contributed by atoms with van der Waals surface area (Å²) in [5.74, 6) is 0.249. The van der Waals surface area contributed by atoms with Gasteiger partial charge in [-0.1, -0.05) is 48.5 Å². The Kier molecular flexibility index (Phi) is 7.29. The second-order valence-electron chi connectivity index (χ2n) is 6.32. The zero-order valence-electron chi connectivity index (χ0n) is 15.8. The Morgan fingerprint density at radius 1 is 1.10 bits per heavy atom. The lowest BCUT2D eigenvalue weighted by molar-refractivity contribution is -0.385. The number of benzene rings is 3. The van der Waals surface area contributed by atoms with Crippen LogP contribution in [0, 0.1) is 10.1 Å². The Balaban J connectivity index is 1.55. The minimum absolute atomic E-state index is 0.0911. The smallest absolute Gasteiger partial charge is 0.273 e. The molecule has 0 fully saturated rings. The molecule has 0 aliphatic heterocycles. The van der Waals surface area contributed by atoms with E-state index < -0.39 is 10.8 Å². The predicted octanol–water partition coefficient (Wildman–Crippen LogP) is 4.63. The summed E-state index contributed by atoms with van der Waals surface area (Å²) >= 11 is 3.47. The molecule has 1 N–H and O–H groups in total. The quantitative estimate of drug-likeness (QED) is 0.296. The minimum atomic E-state index is -0.509. The van der Waals surface area contributed by atoms with Gasteiger partial charge in [-0.05, 0) is 45.3 Å². The highest BCUT2D eigenvalue weighted by Crippen LogP contribution is 2.26. The van der Waals surface area contributed by atoms with Gasteiger partial charge < -0.3 is 4.74 Å². The Labute approximate surface area is 181 Å². The zero-order chi connectivity index (χ0) is 21.3. The molecule has 0 spiro atoms. The number of ether oxygens (including phenoxy) is 1. The largest absolute Gasteiger partial charge is 0.488 e. The van der Waals surface area contributed by atoms with Crippen molar-refractivity contribution < 1.29 is 14.5 Å². The van der Waals surface area contributed by atoms with E-state index in [1.807, 2.05) is 48.5 Å². The summed E-state index contributed by atoms with van der Waals surface area (Å²) in [6, 6.07) is 21.4. The molecule has 152 valence electrons. The van der Waals surface area contributed by atoms with E-state index in [-0.39, 0.29) is 12.1 Å². The van der Waals surface area contributed by atoms with Crippen molar-refractivity contribution in [2.75, 3.05) is 0 Å². The number of carbonyl (C=O) groups excluding carboxylic acids is 1. The molecule has 0 aromatic heterocycles. The standard InChI is InChI=1S/C22H18BrN3O4/c23-19-12-17(10-11-21(19)30-15-16-6-2-1-3-7-16)14-24-25-22(27)13-18-8-4-5-9-20(18)26(28)29/h1-12,14H,13,15H2,(H,25,27)/b24-14+. The summed E-state index contributed by atoms with van der Waals surface area (Å²) in [5.41, 5.74) is 4.44. The van der Waals surface area contributed by atoms with E-state index in [2.05, 4.69) is 26.5 Å². The first kappa shape index (κ1) is 21.2. The molecule has 3 aromatic rings. The summed E-state index contributed by atoms with van der Waals surface area (Å²) in [6.45, 7) is 0.453. The summed E-state index contributed by atoms with van der Waals surface area (Å²) < 4.78 is 6.56. The molecule has 8 heteroatoms. The second kappa shape index (κ2) is 10.3. The maximum Gasteiger partial charge on any atom is 0.273 e. The zero-order valence-corrected chi connectivity index (χ0v) is 17.4. The van der Waals surface area contributed by atoms with Crippen LogP contribution in [0.15, 0.2) is 82.4 Å². The van der Waals surface area contributed by atoms with Crippen LogP contribution in [0.4, 0.5) is 5.69 Å². The number of hydrazone groups is 1.